The van der Waals surface area contributed by atoms with Crippen molar-refractivity contribution in [2.45, 2.75) is 87.8 Å². The van der Waals surface area contributed by atoms with Crippen LogP contribution in [0.4, 0.5) is 0 Å². The number of rotatable bonds is 6. The molecule has 3 aliphatic carbocycles. The van der Waals surface area contributed by atoms with Crippen LogP contribution in [0.3, 0.4) is 0 Å². The van der Waals surface area contributed by atoms with E-state index in [9.17, 15) is 9.59 Å². The summed E-state index contributed by atoms with van der Waals surface area (Å²) in [7, 11) is 0. The fourth-order valence-corrected chi connectivity index (χ4v) is 5.69. The standard InChI is InChI=1S/C22H34Cl2O4/c23-19-11-5-1-7-15(19)13-27-21(25)17-9-3-4-10-18(17)22(26)28-14-16-8-2-6-12-20(16)24/h15-20H,1-14H2. The number of halogens is 2. The zero-order valence-electron chi connectivity index (χ0n) is 16.8. The molecule has 0 aromatic rings. The number of esters is 2. The van der Waals surface area contributed by atoms with Crippen molar-refractivity contribution in [3.8, 4) is 0 Å². The minimum absolute atomic E-state index is 0.0904. The molecule has 160 valence electrons. The molecule has 6 unspecified atom stereocenters. The summed E-state index contributed by atoms with van der Waals surface area (Å²) in [6.45, 7) is 0.753. The van der Waals surface area contributed by atoms with Crippen LogP contribution in [-0.2, 0) is 19.1 Å². The third-order valence-corrected chi connectivity index (χ3v) is 8.03. The number of alkyl halides is 2. The van der Waals surface area contributed by atoms with Gasteiger partial charge in [-0.15, -0.1) is 23.2 Å². The number of hydrogen-bond acceptors (Lipinski definition) is 4. The summed E-state index contributed by atoms with van der Waals surface area (Å²) in [5.74, 6) is -0.776. The smallest absolute Gasteiger partial charge is 0.309 e. The molecule has 6 heteroatoms. The van der Waals surface area contributed by atoms with Crippen LogP contribution < -0.4 is 0 Å². The third-order valence-electron chi connectivity index (χ3n) is 6.88. The first kappa shape index (κ1) is 22.2. The maximum atomic E-state index is 12.7. The summed E-state index contributed by atoms with van der Waals surface area (Å²) in [6.07, 6.45) is 11.9. The second-order valence-electron chi connectivity index (χ2n) is 8.88. The largest absolute Gasteiger partial charge is 0.465 e. The minimum Gasteiger partial charge on any atom is -0.465 e. The minimum atomic E-state index is -0.378. The first-order chi connectivity index (χ1) is 13.6. The lowest BCUT2D eigenvalue weighted by Gasteiger charge is -2.31. The van der Waals surface area contributed by atoms with E-state index in [1.54, 1.807) is 0 Å². The van der Waals surface area contributed by atoms with Crippen molar-refractivity contribution in [1.29, 1.82) is 0 Å². The van der Waals surface area contributed by atoms with Gasteiger partial charge in [-0.1, -0.05) is 38.5 Å². The average molecular weight is 433 g/mol. The Morgan fingerprint density at radius 1 is 0.607 bits per heavy atom. The predicted octanol–water partition coefficient (Wildman–Crippen LogP) is 5.47. The molecule has 0 aromatic heterocycles. The molecule has 0 radical (unpaired) electrons. The Balaban J connectivity index is 1.49. The molecule has 0 spiro atoms. The van der Waals surface area contributed by atoms with Gasteiger partial charge in [0.15, 0.2) is 0 Å². The number of carbonyl (C=O) groups excluding carboxylic acids is 2. The van der Waals surface area contributed by atoms with Gasteiger partial charge >= 0.3 is 11.9 Å². The zero-order valence-corrected chi connectivity index (χ0v) is 18.3. The molecule has 0 heterocycles. The second kappa shape index (κ2) is 11.1. The Hall–Kier alpha value is -0.480. The van der Waals surface area contributed by atoms with E-state index in [0.29, 0.717) is 26.1 Å². The van der Waals surface area contributed by atoms with E-state index in [2.05, 4.69) is 0 Å². The molecule has 3 saturated carbocycles. The lowest BCUT2D eigenvalue weighted by Crippen LogP contribution is -2.37. The van der Waals surface area contributed by atoms with E-state index in [1.165, 1.54) is 0 Å². The summed E-state index contributed by atoms with van der Waals surface area (Å²) in [6, 6.07) is 0. The molecule has 0 amide bonds. The van der Waals surface area contributed by atoms with Crippen LogP contribution in [0.25, 0.3) is 0 Å². The summed E-state index contributed by atoms with van der Waals surface area (Å²) in [5, 5.41) is 0.181. The van der Waals surface area contributed by atoms with Crippen molar-refractivity contribution in [2.75, 3.05) is 13.2 Å². The lowest BCUT2D eigenvalue weighted by molar-refractivity contribution is -0.164. The van der Waals surface area contributed by atoms with Gasteiger partial charge < -0.3 is 9.47 Å². The first-order valence-corrected chi connectivity index (χ1v) is 12.0. The Kier molecular flexibility index (Phi) is 8.77. The summed E-state index contributed by atoms with van der Waals surface area (Å²) in [5.41, 5.74) is 0. The highest BCUT2D eigenvalue weighted by Crippen LogP contribution is 2.34. The highest BCUT2D eigenvalue weighted by Gasteiger charge is 2.39. The normalized spacial score (nSPS) is 36.5. The zero-order chi connectivity index (χ0) is 19.9. The van der Waals surface area contributed by atoms with E-state index >= 15 is 0 Å². The highest BCUT2D eigenvalue weighted by atomic mass is 35.5. The van der Waals surface area contributed by atoms with Gasteiger partial charge in [0.05, 0.1) is 25.0 Å². The number of carbonyl (C=O) groups is 2. The Bertz CT molecular complexity index is 481. The fraction of sp³-hybridized carbons (Fsp3) is 0.909. The van der Waals surface area contributed by atoms with Crippen molar-refractivity contribution < 1.29 is 19.1 Å². The average Bonchev–Trinajstić information content (AvgIpc) is 2.72. The number of hydrogen-bond donors (Lipinski definition) is 0. The second-order valence-corrected chi connectivity index (χ2v) is 10.00. The SMILES string of the molecule is O=C(OCC1CCCCC1Cl)C1CCCCC1C(=O)OCC1CCCCC1Cl. The Morgan fingerprint density at radius 3 is 1.36 bits per heavy atom. The van der Waals surface area contributed by atoms with Crippen LogP contribution in [0.2, 0.25) is 0 Å². The molecule has 28 heavy (non-hydrogen) atoms. The first-order valence-electron chi connectivity index (χ1n) is 11.2. The van der Waals surface area contributed by atoms with Gasteiger partial charge in [0.1, 0.15) is 0 Å². The summed E-state index contributed by atoms with van der Waals surface area (Å²) < 4.78 is 11.3. The monoisotopic (exact) mass is 432 g/mol. The molecule has 0 aromatic carbocycles. The van der Waals surface area contributed by atoms with Gasteiger partial charge in [0.25, 0.3) is 0 Å². The molecule has 4 nitrogen and oxygen atoms in total. The maximum absolute atomic E-state index is 12.7. The lowest BCUT2D eigenvalue weighted by atomic mass is 9.79. The summed E-state index contributed by atoms with van der Waals surface area (Å²) >= 11 is 12.8. The van der Waals surface area contributed by atoms with Crippen LogP contribution in [0, 0.1) is 23.7 Å². The van der Waals surface area contributed by atoms with E-state index in [-0.39, 0.29) is 46.4 Å². The van der Waals surface area contributed by atoms with E-state index in [0.717, 1.165) is 64.2 Å². The van der Waals surface area contributed by atoms with Gasteiger partial charge in [-0.2, -0.15) is 0 Å². The quantitative estimate of drug-likeness (QED) is 0.412. The predicted molar refractivity (Wildman–Crippen MR) is 111 cm³/mol. The van der Waals surface area contributed by atoms with Gasteiger partial charge in [0, 0.05) is 22.6 Å². The van der Waals surface area contributed by atoms with Crippen molar-refractivity contribution in [3.63, 3.8) is 0 Å². The molecule has 3 rings (SSSR count). The molecule has 0 bridgehead atoms. The van der Waals surface area contributed by atoms with Crippen molar-refractivity contribution >= 4 is 35.1 Å². The topological polar surface area (TPSA) is 52.6 Å². The van der Waals surface area contributed by atoms with Crippen molar-refractivity contribution in [2.24, 2.45) is 23.7 Å². The van der Waals surface area contributed by atoms with Crippen molar-refractivity contribution in [3.05, 3.63) is 0 Å². The van der Waals surface area contributed by atoms with Crippen LogP contribution >= 0.6 is 23.2 Å². The molecule has 3 aliphatic rings. The van der Waals surface area contributed by atoms with E-state index < -0.39 is 0 Å². The highest BCUT2D eigenvalue weighted by molar-refractivity contribution is 6.21. The molecule has 6 atom stereocenters. The van der Waals surface area contributed by atoms with Crippen LogP contribution in [0.1, 0.15) is 77.0 Å². The number of ether oxygens (including phenoxy) is 2. The molecule has 3 fully saturated rings. The molecular formula is C22H34Cl2O4. The van der Waals surface area contributed by atoms with Gasteiger partial charge in [-0.3, -0.25) is 9.59 Å². The molecular weight excluding hydrogens is 399 g/mol. The summed E-state index contributed by atoms with van der Waals surface area (Å²) in [4.78, 5) is 25.5. The van der Waals surface area contributed by atoms with Crippen LogP contribution in [0.15, 0.2) is 0 Å². The van der Waals surface area contributed by atoms with Gasteiger partial charge in [-0.25, -0.2) is 0 Å². The van der Waals surface area contributed by atoms with Crippen LogP contribution in [-0.4, -0.2) is 35.9 Å². The van der Waals surface area contributed by atoms with Crippen LogP contribution in [0.5, 0.6) is 0 Å². The molecule has 0 saturated heterocycles. The van der Waals surface area contributed by atoms with E-state index in [1.807, 2.05) is 0 Å². The maximum Gasteiger partial charge on any atom is 0.309 e. The third kappa shape index (κ3) is 6.01. The Labute approximate surface area is 179 Å². The van der Waals surface area contributed by atoms with Gasteiger partial charge in [0.2, 0.25) is 0 Å². The fourth-order valence-electron chi connectivity index (χ4n) is 4.99. The van der Waals surface area contributed by atoms with Crippen molar-refractivity contribution in [1.82, 2.24) is 0 Å². The van der Waals surface area contributed by atoms with E-state index in [4.69, 9.17) is 32.7 Å². The van der Waals surface area contributed by atoms with Gasteiger partial charge in [-0.05, 0) is 38.5 Å². The molecule has 0 N–H and O–H groups in total. The molecule has 0 aliphatic heterocycles. The Morgan fingerprint density at radius 2 is 0.964 bits per heavy atom.